The van der Waals surface area contributed by atoms with Crippen molar-refractivity contribution in [3.05, 3.63) is 41.5 Å². The van der Waals surface area contributed by atoms with Gasteiger partial charge in [-0.25, -0.2) is 0 Å². The molecule has 0 radical (unpaired) electrons. The highest BCUT2D eigenvalue weighted by atomic mass is 32.1. The molecule has 0 aliphatic heterocycles. The fourth-order valence-electron chi connectivity index (χ4n) is 1.70. The van der Waals surface area contributed by atoms with Gasteiger partial charge in [-0.2, -0.15) is 0 Å². The molecule has 0 amide bonds. The number of hydrogen-bond acceptors (Lipinski definition) is 1. The van der Waals surface area contributed by atoms with Crippen molar-refractivity contribution in [2.45, 2.75) is 20.8 Å². The predicted molar refractivity (Wildman–Crippen MR) is 75.1 cm³/mol. The van der Waals surface area contributed by atoms with E-state index < -0.39 is 0 Å². The third kappa shape index (κ3) is 3.35. The second kappa shape index (κ2) is 5.66. The van der Waals surface area contributed by atoms with Crippen LogP contribution in [0.2, 0.25) is 0 Å². The molecule has 0 heterocycles. The van der Waals surface area contributed by atoms with Crippen LogP contribution in [0, 0.1) is 20.8 Å². The maximum absolute atomic E-state index is 5.18. The minimum atomic E-state index is 0.634. The van der Waals surface area contributed by atoms with Crippen molar-refractivity contribution in [3.63, 3.8) is 0 Å². The zero-order chi connectivity index (χ0) is 12.1. The summed E-state index contributed by atoms with van der Waals surface area (Å²) in [6, 6.07) is 4.29. The van der Waals surface area contributed by atoms with Crippen molar-refractivity contribution in [3.8, 4) is 0 Å². The fraction of sp³-hybridized carbons (Fsp3) is 0.308. The normalized spacial score (nSPS) is 9.69. The van der Waals surface area contributed by atoms with Gasteiger partial charge < -0.3 is 10.6 Å². The Morgan fingerprint density at radius 2 is 1.88 bits per heavy atom. The van der Waals surface area contributed by atoms with E-state index in [0.29, 0.717) is 11.7 Å². The molecule has 0 saturated heterocycles. The zero-order valence-corrected chi connectivity index (χ0v) is 10.9. The molecule has 2 nitrogen and oxygen atoms in total. The summed E-state index contributed by atoms with van der Waals surface area (Å²) in [6.45, 7) is 10.6. The molecular formula is C13H18N2S. The summed E-state index contributed by atoms with van der Waals surface area (Å²) in [5.74, 6) is 0. The molecule has 0 aromatic heterocycles. The molecule has 2 N–H and O–H groups in total. The number of hydrogen-bond donors (Lipinski definition) is 2. The van der Waals surface area contributed by atoms with Gasteiger partial charge in [0.2, 0.25) is 0 Å². The number of benzene rings is 1. The number of thiocarbonyl (C=S) groups is 1. The molecule has 3 heteroatoms. The Bertz CT molecular complexity index is 387. The summed E-state index contributed by atoms with van der Waals surface area (Å²) >= 11 is 5.18. The molecule has 1 rings (SSSR count). The quantitative estimate of drug-likeness (QED) is 0.621. The molecule has 1 aromatic carbocycles. The Balaban J connectivity index is 2.81. The molecule has 0 spiro atoms. The maximum Gasteiger partial charge on any atom is 0.171 e. The van der Waals surface area contributed by atoms with Crippen molar-refractivity contribution in [2.24, 2.45) is 0 Å². The van der Waals surface area contributed by atoms with E-state index in [2.05, 4.69) is 50.1 Å². The molecule has 0 atom stereocenters. The van der Waals surface area contributed by atoms with Crippen LogP contribution in [0.25, 0.3) is 0 Å². The first kappa shape index (κ1) is 12.7. The second-order valence-corrected chi connectivity index (χ2v) is 4.31. The van der Waals surface area contributed by atoms with Gasteiger partial charge in [0.25, 0.3) is 0 Å². The van der Waals surface area contributed by atoms with E-state index in [1.807, 2.05) is 0 Å². The lowest BCUT2D eigenvalue weighted by Gasteiger charge is -2.14. The van der Waals surface area contributed by atoms with Gasteiger partial charge in [0.1, 0.15) is 0 Å². The molecule has 0 aliphatic carbocycles. The molecule has 0 fully saturated rings. The van der Waals surface area contributed by atoms with E-state index in [0.717, 1.165) is 5.69 Å². The van der Waals surface area contributed by atoms with Gasteiger partial charge in [0.15, 0.2) is 5.11 Å². The van der Waals surface area contributed by atoms with E-state index >= 15 is 0 Å². The largest absolute Gasteiger partial charge is 0.359 e. The molecule has 86 valence electrons. The standard InChI is InChI=1S/C13H18N2S/c1-5-6-14-13(16)15-12-10(3)7-9(2)8-11(12)4/h5,7-8H,1,6H2,2-4H3,(H2,14,15,16). The van der Waals surface area contributed by atoms with Gasteiger partial charge in [-0.3, -0.25) is 0 Å². The molecule has 1 aromatic rings. The van der Waals surface area contributed by atoms with Crippen LogP contribution >= 0.6 is 12.2 Å². The summed E-state index contributed by atoms with van der Waals surface area (Å²) in [5, 5.41) is 6.90. The molecule has 0 aliphatic rings. The van der Waals surface area contributed by atoms with Crippen LogP contribution in [-0.4, -0.2) is 11.7 Å². The molecule has 16 heavy (non-hydrogen) atoms. The van der Waals surface area contributed by atoms with Gasteiger partial charge in [-0.05, 0) is 44.1 Å². The van der Waals surface area contributed by atoms with Crippen LogP contribution < -0.4 is 10.6 Å². The van der Waals surface area contributed by atoms with Crippen molar-refractivity contribution in [2.75, 3.05) is 11.9 Å². The summed E-state index contributed by atoms with van der Waals surface area (Å²) < 4.78 is 0. The van der Waals surface area contributed by atoms with Crippen LogP contribution in [0.1, 0.15) is 16.7 Å². The number of rotatable bonds is 3. The lowest BCUT2D eigenvalue weighted by molar-refractivity contribution is 1.06. The number of anilines is 1. The Morgan fingerprint density at radius 3 is 2.38 bits per heavy atom. The van der Waals surface area contributed by atoms with Crippen molar-refractivity contribution < 1.29 is 0 Å². The minimum Gasteiger partial charge on any atom is -0.359 e. The van der Waals surface area contributed by atoms with Crippen LogP contribution in [0.3, 0.4) is 0 Å². The summed E-state index contributed by atoms with van der Waals surface area (Å²) in [5.41, 5.74) is 4.78. The molecule has 0 bridgehead atoms. The summed E-state index contributed by atoms with van der Waals surface area (Å²) in [6.07, 6.45) is 1.78. The van der Waals surface area contributed by atoms with Gasteiger partial charge >= 0.3 is 0 Å². The smallest absolute Gasteiger partial charge is 0.171 e. The Morgan fingerprint density at radius 1 is 1.31 bits per heavy atom. The first-order valence-electron chi connectivity index (χ1n) is 5.28. The minimum absolute atomic E-state index is 0.634. The predicted octanol–water partition coefficient (Wildman–Crippen LogP) is 3.08. The van der Waals surface area contributed by atoms with E-state index in [-0.39, 0.29) is 0 Å². The van der Waals surface area contributed by atoms with Crippen LogP contribution in [-0.2, 0) is 0 Å². The van der Waals surface area contributed by atoms with Crippen molar-refractivity contribution in [1.29, 1.82) is 0 Å². The second-order valence-electron chi connectivity index (χ2n) is 3.90. The van der Waals surface area contributed by atoms with Crippen LogP contribution in [0.5, 0.6) is 0 Å². The van der Waals surface area contributed by atoms with Gasteiger partial charge in [0, 0.05) is 12.2 Å². The van der Waals surface area contributed by atoms with Crippen molar-refractivity contribution >= 4 is 23.0 Å². The summed E-state index contributed by atoms with van der Waals surface area (Å²) in [4.78, 5) is 0. The van der Waals surface area contributed by atoms with Crippen LogP contribution in [0.15, 0.2) is 24.8 Å². The highest BCUT2D eigenvalue weighted by molar-refractivity contribution is 7.80. The van der Waals surface area contributed by atoms with Gasteiger partial charge in [0.05, 0.1) is 0 Å². The third-order valence-electron chi connectivity index (χ3n) is 2.32. The zero-order valence-electron chi connectivity index (χ0n) is 10.1. The maximum atomic E-state index is 5.18. The lowest BCUT2D eigenvalue weighted by atomic mass is 10.1. The fourth-order valence-corrected chi connectivity index (χ4v) is 1.89. The SMILES string of the molecule is C=CCNC(=S)Nc1c(C)cc(C)cc1C. The average Bonchev–Trinajstić information content (AvgIpc) is 2.20. The Hall–Kier alpha value is -1.35. The van der Waals surface area contributed by atoms with E-state index in [4.69, 9.17) is 12.2 Å². The van der Waals surface area contributed by atoms with Gasteiger partial charge in [-0.15, -0.1) is 6.58 Å². The topological polar surface area (TPSA) is 24.1 Å². The average molecular weight is 234 g/mol. The van der Waals surface area contributed by atoms with E-state index in [1.165, 1.54) is 16.7 Å². The first-order valence-corrected chi connectivity index (χ1v) is 5.69. The van der Waals surface area contributed by atoms with Crippen LogP contribution in [0.4, 0.5) is 5.69 Å². The van der Waals surface area contributed by atoms with E-state index in [9.17, 15) is 0 Å². The highest BCUT2D eigenvalue weighted by Gasteiger charge is 2.04. The lowest BCUT2D eigenvalue weighted by Crippen LogP contribution is -2.29. The van der Waals surface area contributed by atoms with E-state index in [1.54, 1.807) is 6.08 Å². The number of aryl methyl sites for hydroxylation is 3. The monoisotopic (exact) mass is 234 g/mol. The number of nitrogens with one attached hydrogen (secondary N) is 2. The van der Waals surface area contributed by atoms with Gasteiger partial charge in [-0.1, -0.05) is 23.8 Å². The summed E-state index contributed by atoms with van der Waals surface area (Å²) in [7, 11) is 0. The molecule has 0 unspecified atom stereocenters. The third-order valence-corrected chi connectivity index (χ3v) is 2.57. The molecular weight excluding hydrogens is 216 g/mol. The highest BCUT2D eigenvalue weighted by Crippen LogP contribution is 2.21. The molecule has 0 saturated carbocycles. The first-order chi connectivity index (χ1) is 7.54. The Kier molecular flexibility index (Phi) is 4.50. The Labute approximate surface area is 103 Å². The van der Waals surface area contributed by atoms with Crippen molar-refractivity contribution in [1.82, 2.24) is 5.32 Å².